The number of ether oxygens (including phenoxy) is 2. The summed E-state index contributed by atoms with van der Waals surface area (Å²) in [6.07, 6.45) is 1.85. The van der Waals surface area contributed by atoms with Crippen molar-refractivity contribution in [3.8, 4) is 11.5 Å². The fourth-order valence-electron chi connectivity index (χ4n) is 1.65. The van der Waals surface area contributed by atoms with Crippen molar-refractivity contribution in [1.82, 2.24) is 0 Å². The molecule has 1 aromatic rings. The third kappa shape index (κ3) is 4.65. The monoisotopic (exact) mass is 237 g/mol. The van der Waals surface area contributed by atoms with E-state index in [4.69, 9.17) is 15.2 Å². The maximum atomic E-state index is 5.79. The molecule has 0 saturated carbocycles. The van der Waals surface area contributed by atoms with Gasteiger partial charge in [0.15, 0.2) is 11.5 Å². The van der Waals surface area contributed by atoms with Gasteiger partial charge in [-0.1, -0.05) is 13.0 Å². The molecule has 3 nitrogen and oxygen atoms in total. The Morgan fingerprint density at radius 3 is 2.53 bits per heavy atom. The molecular weight excluding hydrogens is 214 g/mol. The summed E-state index contributed by atoms with van der Waals surface area (Å²) in [7, 11) is 0. The molecule has 0 saturated heterocycles. The molecular formula is C14H23NO2. The van der Waals surface area contributed by atoms with Crippen LogP contribution in [0.15, 0.2) is 18.2 Å². The first-order valence-electron chi connectivity index (χ1n) is 6.31. The van der Waals surface area contributed by atoms with E-state index in [0.29, 0.717) is 13.2 Å². The molecule has 0 fully saturated rings. The molecule has 0 bridgehead atoms. The van der Waals surface area contributed by atoms with Gasteiger partial charge in [-0.25, -0.2) is 0 Å². The summed E-state index contributed by atoms with van der Waals surface area (Å²) in [5.74, 6) is 1.64. The molecule has 96 valence electrons. The Hall–Kier alpha value is -1.22. The lowest BCUT2D eigenvalue weighted by Gasteiger charge is -2.13. The first kappa shape index (κ1) is 13.8. The van der Waals surface area contributed by atoms with E-state index in [-0.39, 0.29) is 6.04 Å². The van der Waals surface area contributed by atoms with Crippen LogP contribution in [0.2, 0.25) is 0 Å². The SMILES string of the molecule is CCCOc1ccc(CC(C)N)cc1OCC. The third-order valence-electron chi connectivity index (χ3n) is 2.33. The summed E-state index contributed by atoms with van der Waals surface area (Å²) < 4.78 is 11.2. The van der Waals surface area contributed by atoms with Gasteiger partial charge >= 0.3 is 0 Å². The summed E-state index contributed by atoms with van der Waals surface area (Å²) in [5, 5.41) is 0. The van der Waals surface area contributed by atoms with Crippen molar-refractivity contribution in [2.24, 2.45) is 5.73 Å². The van der Waals surface area contributed by atoms with Gasteiger partial charge in [0.05, 0.1) is 13.2 Å². The minimum absolute atomic E-state index is 0.159. The zero-order chi connectivity index (χ0) is 12.7. The zero-order valence-electron chi connectivity index (χ0n) is 11.0. The van der Waals surface area contributed by atoms with Crippen molar-refractivity contribution in [1.29, 1.82) is 0 Å². The predicted octanol–water partition coefficient (Wildman–Crippen LogP) is 2.76. The normalized spacial score (nSPS) is 12.2. The topological polar surface area (TPSA) is 44.5 Å². The average molecular weight is 237 g/mol. The maximum absolute atomic E-state index is 5.79. The van der Waals surface area contributed by atoms with Gasteiger partial charge in [0, 0.05) is 6.04 Å². The van der Waals surface area contributed by atoms with Crippen molar-refractivity contribution in [3.63, 3.8) is 0 Å². The maximum Gasteiger partial charge on any atom is 0.161 e. The van der Waals surface area contributed by atoms with Gasteiger partial charge in [0.25, 0.3) is 0 Å². The van der Waals surface area contributed by atoms with Crippen molar-refractivity contribution >= 4 is 0 Å². The summed E-state index contributed by atoms with van der Waals surface area (Å²) in [5.41, 5.74) is 6.98. The fourth-order valence-corrected chi connectivity index (χ4v) is 1.65. The molecule has 1 atom stereocenters. The van der Waals surface area contributed by atoms with Gasteiger partial charge in [-0.3, -0.25) is 0 Å². The molecule has 0 aliphatic rings. The second-order valence-corrected chi connectivity index (χ2v) is 4.24. The molecule has 0 radical (unpaired) electrons. The lowest BCUT2D eigenvalue weighted by molar-refractivity contribution is 0.276. The first-order chi connectivity index (χ1) is 8.17. The van der Waals surface area contributed by atoms with Gasteiger partial charge in [0.1, 0.15) is 0 Å². The van der Waals surface area contributed by atoms with Crippen LogP contribution in [0.4, 0.5) is 0 Å². The molecule has 0 aliphatic carbocycles. The smallest absolute Gasteiger partial charge is 0.161 e. The Balaban J connectivity index is 2.83. The van der Waals surface area contributed by atoms with Crippen molar-refractivity contribution in [2.75, 3.05) is 13.2 Å². The van der Waals surface area contributed by atoms with Crippen molar-refractivity contribution in [3.05, 3.63) is 23.8 Å². The molecule has 3 heteroatoms. The van der Waals surface area contributed by atoms with E-state index in [1.807, 2.05) is 26.0 Å². The van der Waals surface area contributed by atoms with E-state index in [1.54, 1.807) is 0 Å². The molecule has 0 heterocycles. The Bertz CT molecular complexity index is 337. The van der Waals surface area contributed by atoms with Gasteiger partial charge in [-0.15, -0.1) is 0 Å². The minimum atomic E-state index is 0.159. The van der Waals surface area contributed by atoms with Crippen LogP contribution >= 0.6 is 0 Å². The summed E-state index contributed by atoms with van der Waals surface area (Å²) >= 11 is 0. The van der Waals surface area contributed by atoms with Crippen molar-refractivity contribution < 1.29 is 9.47 Å². The highest BCUT2D eigenvalue weighted by atomic mass is 16.5. The Labute approximate surface area is 104 Å². The Kier molecular flexibility index (Phi) is 5.84. The van der Waals surface area contributed by atoms with E-state index < -0.39 is 0 Å². The molecule has 0 spiro atoms. The Morgan fingerprint density at radius 2 is 1.94 bits per heavy atom. The third-order valence-corrected chi connectivity index (χ3v) is 2.33. The number of rotatable bonds is 7. The Morgan fingerprint density at radius 1 is 1.18 bits per heavy atom. The zero-order valence-corrected chi connectivity index (χ0v) is 11.0. The van der Waals surface area contributed by atoms with Crippen LogP contribution in [0, 0.1) is 0 Å². The summed E-state index contributed by atoms with van der Waals surface area (Å²) in [4.78, 5) is 0. The molecule has 2 N–H and O–H groups in total. The molecule has 0 amide bonds. The van der Waals surface area contributed by atoms with Gasteiger partial charge in [0.2, 0.25) is 0 Å². The number of hydrogen-bond donors (Lipinski definition) is 1. The standard InChI is InChI=1S/C14H23NO2/c1-4-8-17-13-7-6-12(9-11(3)15)10-14(13)16-5-2/h6-7,10-11H,4-5,8-9,15H2,1-3H3. The lowest BCUT2D eigenvalue weighted by atomic mass is 10.1. The second kappa shape index (κ2) is 7.17. The first-order valence-corrected chi connectivity index (χ1v) is 6.31. The van der Waals surface area contributed by atoms with E-state index in [9.17, 15) is 0 Å². The molecule has 17 heavy (non-hydrogen) atoms. The molecule has 1 unspecified atom stereocenters. The van der Waals surface area contributed by atoms with Crippen LogP contribution in [-0.2, 0) is 6.42 Å². The lowest BCUT2D eigenvalue weighted by Crippen LogP contribution is -2.17. The van der Waals surface area contributed by atoms with Crippen LogP contribution in [0.3, 0.4) is 0 Å². The van der Waals surface area contributed by atoms with Gasteiger partial charge < -0.3 is 15.2 Å². The van der Waals surface area contributed by atoms with Gasteiger partial charge in [-0.2, -0.15) is 0 Å². The van der Waals surface area contributed by atoms with Crippen LogP contribution < -0.4 is 15.2 Å². The molecule has 1 aromatic carbocycles. The van der Waals surface area contributed by atoms with Gasteiger partial charge in [-0.05, 0) is 44.4 Å². The highest BCUT2D eigenvalue weighted by molar-refractivity contribution is 5.43. The summed E-state index contributed by atoms with van der Waals surface area (Å²) in [6.45, 7) is 7.42. The average Bonchev–Trinajstić information content (AvgIpc) is 2.28. The molecule has 1 rings (SSSR count). The highest BCUT2D eigenvalue weighted by Gasteiger charge is 2.07. The van der Waals surface area contributed by atoms with Crippen LogP contribution in [0.25, 0.3) is 0 Å². The number of nitrogens with two attached hydrogens (primary N) is 1. The van der Waals surface area contributed by atoms with E-state index >= 15 is 0 Å². The predicted molar refractivity (Wildman–Crippen MR) is 70.8 cm³/mol. The number of hydrogen-bond acceptors (Lipinski definition) is 3. The highest BCUT2D eigenvalue weighted by Crippen LogP contribution is 2.29. The summed E-state index contributed by atoms with van der Waals surface area (Å²) in [6, 6.07) is 6.21. The van der Waals surface area contributed by atoms with Crippen LogP contribution in [0.1, 0.15) is 32.8 Å². The quantitative estimate of drug-likeness (QED) is 0.793. The van der Waals surface area contributed by atoms with E-state index in [2.05, 4.69) is 13.0 Å². The van der Waals surface area contributed by atoms with E-state index in [1.165, 1.54) is 5.56 Å². The van der Waals surface area contributed by atoms with Crippen molar-refractivity contribution in [2.45, 2.75) is 39.7 Å². The van der Waals surface area contributed by atoms with Crippen LogP contribution in [0.5, 0.6) is 11.5 Å². The van der Waals surface area contributed by atoms with E-state index in [0.717, 1.165) is 24.3 Å². The number of benzene rings is 1. The minimum Gasteiger partial charge on any atom is -0.490 e. The second-order valence-electron chi connectivity index (χ2n) is 4.24. The van der Waals surface area contributed by atoms with Crippen LogP contribution in [-0.4, -0.2) is 19.3 Å². The molecule has 0 aliphatic heterocycles. The largest absolute Gasteiger partial charge is 0.490 e. The molecule has 0 aromatic heterocycles. The fraction of sp³-hybridized carbons (Fsp3) is 0.571.